The van der Waals surface area contributed by atoms with Gasteiger partial charge in [0, 0.05) is 25.3 Å². The molecule has 3 amide bonds. The topological polar surface area (TPSA) is 110 Å². The molecule has 9 nitrogen and oxygen atoms in total. The van der Waals surface area contributed by atoms with Crippen molar-refractivity contribution in [3.8, 4) is 0 Å². The Morgan fingerprint density at radius 3 is 3.04 bits per heavy atom. The van der Waals surface area contributed by atoms with E-state index >= 15 is 0 Å². The zero-order valence-electron chi connectivity index (χ0n) is 15.6. The lowest BCUT2D eigenvalue weighted by Gasteiger charge is -2.40. The van der Waals surface area contributed by atoms with Gasteiger partial charge in [0.15, 0.2) is 0 Å². The molecular formula is C19H24N6O3. The number of hydrogen-bond acceptors (Lipinski definition) is 6. The second kappa shape index (κ2) is 7.51. The predicted octanol–water partition coefficient (Wildman–Crippen LogP) is 0.198. The number of rotatable bonds is 4. The van der Waals surface area contributed by atoms with E-state index in [2.05, 4.69) is 25.8 Å². The number of carbonyl (C=O) groups is 2. The first-order valence-corrected chi connectivity index (χ1v) is 9.43. The van der Waals surface area contributed by atoms with Gasteiger partial charge in [0.05, 0.1) is 18.3 Å². The number of dihydropyridines is 1. The molecule has 9 heteroatoms. The monoisotopic (exact) mass is 384 g/mol. The first kappa shape index (κ1) is 18.3. The Morgan fingerprint density at radius 2 is 2.29 bits per heavy atom. The van der Waals surface area contributed by atoms with Gasteiger partial charge in [-0.25, -0.2) is 9.78 Å². The lowest BCUT2D eigenvalue weighted by molar-refractivity contribution is -0.122. The highest BCUT2D eigenvalue weighted by Gasteiger charge is 2.42. The van der Waals surface area contributed by atoms with Gasteiger partial charge >= 0.3 is 6.03 Å². The Labute approximate surface area is 163 Å². The zero-order valence-corrected chi connectivity index (χ0v) is 15.6. The Bertz CT molecular complexity index is 824. The highest BCUT2D eigenvalue weighted by Crippen LogP contribution is 2.33. The number of fused-ring (bicyclic) bond motifs is 3. The summed E-state index contributed by atoms with van der Waals surface area (Å²) in [6.45, 7) is 3.22. The van der Waals surface area contributed by atoms with Gasteiger partial charge in [-0.05, 0) is 31.6 Å². The second-order valence-corrected chi connectivity index (χ2v) is 7.21. The van der Waals surface area contributed by atoms with Crippen molar-refractivity contribution >= 4 is 17.8 Å². The molecule has 1 aromatic heterocycles. The molecule has 3 aliphatic rings. The van der Waals surface area contributed by atoms with E-state index in [4.69, 9.17) is 5.11 Å². The molecule has 4 rings (SSSR count). The molecule has 1 fully saturated rings. The Morgan fingerprint density at radius 1 is 1.43 bits per heavy atom. The van der Waals surface area contributed by atoms with Crippen LogP contribution in [0.2, 0.25) is 0 Å². The number of aromatic nitrogens is 1. The van der Waals surface area contributed by atoms with Gasteiger partial charge in [0.1, 0.15) is 17.7 Å². The number of aliphatic hydroxyl groups is 1. The van der Waals surface area contributed by atoms with E-state index in [1.54, 1.807) is 36.2 Å². The van der Waals surface area contributed by atoms with E-state index in [0.29, 0.717) is 11.6 Å². The minimum atomic E-state index is -0.614. The van der Waals surface area contributed by atoms with Gasteiger partial charge in [-0.2, -0.15) is 0 Å². The molecule has 0 aromatic carbocycles. The van der Waals surface area contributed by atoms with E-state index in [-0.39, 0.29) is 30.6 Å². The van der Waals surface area contributed by atoms with Crippen LogP contribution in [0.4, 0.5) is 10.6 Å². The summed E-state index contributed by atoms with van der Waals surface area (Å²) in [5.74, 6) is 0.858. The van der Waals surface area contributed by atoms with Gasteiger partial charge in [-0.15, -0.1) is 0 Å². The fourth-order valence-corrected chi connectivity index (χ4v) is 3.74. The van der Waals surface area contributed by atoms with Crippen LogP contribution in [0.1, 0.15) is 13.3 Å². The van der Waals surface area contributed by atoms with Crippen LogP contribution in [0.25, 0.3) is 0 Å². The molecule has 0 radical (unpaired) electrons. The maximum Gasteiger partial charge on any atom is 0.328 e. The number of nitrogens with zero attached hydrogens (tertiary/aromatic N) is 3. The molecule has 28 heavy (non-hydrogen) atoms. The van der Waals surface area contributed by atoms with Gasteiger partial charge in [0.25, 0.3) is 0 Å². The van der Waals surface area contributed by atoms with Crippen LogP contribution in [-0.4, -0.2) is 69.7 Å². The van der Waals surface area contributed by atoms with Crippen LogP contribution in [0, 0.1) is 0 Å². The van der Waals surface area contributed by atoms with E-state index in [0.717, 1.165) is 25.2 Å². The first-order valence-electron chi connectivity index (χ1n) is 9.43. The summed E-state index contributed by atoms with van der Waals surface area (Å²) in [7, 11) is 0. The predicted molar refractivity (Wildman–Crippen MR) is 103 cm³/mol. The van der Waals surface area contributed by atoms with Crippen molar-refractivity contribution in [1.82, 2.24) is 25.4 Å². The van der Waals surface area contributed by atoms with E-state index in [1.807, 2.05) is 12.1 Å². The number of pyridine rings is 1. The maximum absolute atomic E-state index is 13.0. The summed E-state index contributed by atoms with van der Waals surface area (Å²) >= 11 is 0. The molecule has 148 valence electrons. The molecule has 2 unspecified atom stereocenters. The SMILES string of the molecule is CC(CO)NC(=O)C1C=CC2=C(N1)N(C(=O)Nc1ccccn1)[C@H]1CCN2C1. The summed E-state index contributed by atoms with van der Waals surface area (Å²) in [5.41, 5.74) is 0.907. The summed E-state index contributed by atoms with van der Waals surface area (Å²) in [4.78, 5) is 33.6. The number of nitrogens with one attached hydrogen (secondary N) is 3. The molecule has 0 saturated carbocycles. The number of anilines is 1. The standard InChI is InChI=1S/C19H24N6O3/c1-12(11-26)21-18(27)14-5-6-15-17(22-14)25(13-7-9-24(15)10-13)19(28)23-16-4-2-3-8-20-16/h2-6,8,12-14,22,26H,7,9-11H2,1H3,(H,21,27)(H,20,23,28)/t12?,13-,14?/m0/s1. The number of urea groups is 1. The quantitative estimate of drug-likeness (QED) is 0.590. The minimum Gasteiger partial charge on any atom is -0.394 e. The van der Waals surface area contributed by atoms with Crippen molar-refractivity contribution in [3.63, 3.8) is 0 Å². The summed E-state index contributed by atoms with van der Waals surface area (Å²) in [6, 6.07) is 4.13. The van der Waals surface area contributed by atoms with Crippen molar-refractivity contribution in [2.24, 2.45) is 0 Å². The minimum absolute atomic E-state index is 0.0292. The number of allylic oxidation sites excluding steroid dienone is 1. The number of aliphatic hydroxyl groups excluding tert-OH is 1. The maximum atomic E-state index is 13.0. The molecule has 1 saturated heterocycles. The van der Waals surface area contributed by atoms with Crippen molar-refractivity contribution < 1.29 is 14.7 Å². The van der Waals surface area contributed by atoms with Gasteiger partial charge < -0.3 is 20.6 Å². The number of amides is 3. The Balaban J connectivity index is 1.56. The summed E-state index contributed by atoms with van der Waals surface area (Å²) < 4.78 is 0. The largest absolute Gasteiger partial charge is 0.394 e. The molecule has 3 aliphatic heterocycles. The van der Waals surface area contributed by atoms with E-state index < -0.39 is 6.04 Å². The van der Waals surface area contributed by atoms with Crippen molar-refractivity contribution in [3.05, 3.63) is 48.1 Å². The Kier molecular flexibility index (Phi) is 4.91. The van der Waals surface area contributed by atoms with E-state index in [9.17, 15) is 9.59 Å². The summed E-state index contributed by atoms with van der Waals surface area (Å²) in [6.07, 6.45) is 6.16. The molecule has 0 aliphatic carbocycles. The first-order chi connectivity index (χ1) is 13.6. The van der Waals surface area contributed by atoms with Crippen molar-refractivity contribution in [2.75, 3.05) is 25.0 Å². The molecule has 4 N–H and O–H groups in total. The van der Waals surface area contributed by atoms with Crippen LogP contribution in [0.5, 0.6) is 0 Å². The highest BCUT2D eigenvalue weighted by atomic mass is 16.3. The molecule has 3 atom stereocenters. The third-order valence-electron chi connectivity index (χ3n) is 5.16. The van der Waals surface area contributed by atoms with Gasteiger partial charge in [0.2, 0.25) is 5.91 Å². The third-order valence-corrected chi connectivity index (χ3v) is 5.16. The van der Waals surface area contributed by atoms with Gasteiger partial charge in [-0.3, -0.25) is 15.0 Å². The van der Waals surface area contributed by atoms with Crippen LogP contribution in [0.15, 0.2) is 48.1 Å². The average Bonchev–Trinajstić information content (AvgIpc) is 3.12. The lowest BCUT2D eigenvalue weighted by Crippen LogP contribution is -2.56. The molecule has 2 bridgehead atoms. The smallest absolute Gasteiger partial charge is 0.328 e. The number of hydrogen-bond donors (Lipinski definition) is 4. The molecule has 4 heterocycles. The third kappa shape index (κ3) is 3.40. The van der Waals surface area contributed by atoms with E-state index in [1.165, 1.54) is 0 Å². The molecular weight excluding hydrogens is 360 g/mol. The van der Waals surface area contributed by atoms with Crippen molar-refractivity contribution in [1.29, 1.82) is 0 Å². The molecule has 1 aromatic rings. The summed E-state index contributed by atoms with van der Waals surface area (Å²) in [5, 5.41) is 18.0. The van der Waals surface area contributed by atoms with Crippen LogP contribution < -0.4 is 16.0 Å². The van der Waals surface area contributed by atoms with Crippen LogP contribution in [0.3, 0.4) is 0 Å². The highest BCUT2D eigenvalue weighted by molar-refractivity contribution is 5.91. The number of carbonyl (C=O) groups excluding carboxylic acids is 2. The average molecular weight is 384 g/mol. The fourth-order valence-electron chi connectivity index (χ4n) is 3.74. The van der Waals surface area contributed by atoms with Crippen LogP contribution >= 0.6 is 0 Å². The Hall–Kier alpha value is -3.07. The second-order valence-electron chi connectivity index (χ2n) is 7.21. The fraction of sp³-hybridized carbons (Fsp3) is 0.421. The zero-order chi connectivity index (χ0) is 19.7. The van der Waals surface area contributed by atoms with Crippen LogP contribution in [-0.2, 0) is 4.79 Å². The van der Waals surface area contributed by atoms with Gasteiger partial charge in [-0.1, -0.05) is 12.1 Å². The normalized spacial score (nSPS) is 23.8. The lowest BCUT2D eigenvalue weighted by atomic mass is 10.1. The van der Waals surface area contributed by atoms with Crippen molar-refractivity contribution in [2.45, 2.75) is 31.5 Å². The molecule has 0 spiro atoms.